The average Bonchev–Trinajstić information content (AvgIpc) is 3.36. The number of nitrogens with one attached hydrogen (secondary N) is 1. The van der Waals surface area contributed by atoms with Crippen molar-refractivity contribution in [3.63, 3.8) is 0 Å². The van der Waals surface area contributed by atoms with E-state index in [4.69, 9.17) is 9.47 Å². The summed E-state index contributed by atoms with van der Waals surface area (Å²) in [4.78, 5) is 66.0. The Labute approximate surface area is 215 Å². The van der Waals surface area contributed by atoms with Crippen LogP contribution in [0.3, 0.4) is 0 Å². The summed E-state index contributed by atoms with van der Waals surface area (Å²) in [7, 11) is 0. The molecule has 0 bridgehead atoms. The second-order valence-electron chi connectivity index (χ2n) is 9.12. The molecule has 0 aromatic rings. The Morgan fingerprint density at radius 1 is 1.03 bits per heavy atom. The Balaban J connectivity index is 1.70. The second-order valence-corrected chi connectivity index (χ2v) is 10.1. The smallest absolute Gasteiger partial charge is 0.328 e. The third-order valence-corrected chi connectivity index (χ3v) is 7.59. The molecule has 0 aromatic heterocycles. The van der Waals surface area contributed by atoms with E-state index in [-0.39, 0.29) is 55.0 Å². The van der Waals surface area contributed by atoms with Gasteiger partial charge in [-0.05, 0) is 32.6 Å². The summed E-state index contributed by atoms with van der Waals surface area (Å²) in [5, 5.41) is 11.7. The summed E-state index contributed by atoms with van der Waals surface area (Å²) in [5.41, 5.74) is 0. The molecular formula is C23H37N3O9S. The quantitative estimate of drug-likeness (QED) is 0.152. The molecule has 2 fully saturated rings. The molecule has 3 unspecified atom stereocenters. The summed E-state index contributed by atoms with van der Waals surface area (Å²) in [6, 6.07) is -1.32. The lowest BCUT2D eigenvalue weighted by atomic mass is 9.88. The highest BCUT2D eigenvalue weighted by molar-refractivity contribution is 8.13. The maximum Gasteiger partial charge on any atom is 0.328 e. The molecule has 0 radical (unpaired) electrons. The van der Waals surface area contributed by atoms with Crippen LogP contribution in [0.25, 0.3) is 0 Å². The van der Waals surface area contributed by atoms with Gasteiger partial charge >= 0.3 is 5.97 Å². The van der Waals surface area contributed by atoms with Gasteiger partial charge in [-0.3, -0.25) is 14.4 Å². The van der Waals surface area contributed by atoms with E-state index in [0.717, 1.165) is 43.9 Å². The first kappa shape index (κ1) is 29.8. The molecule has 0 aromatic carbocycles. The standard InChI is InChI=1S/C23H37N3O9S/c1-16(15-36-23(30)17(2)24-20(27)18-7-4-3-5-8-18)21(28)25-10-6-9-19(25)22(29)34-13-11-33-12-14-35-26(31)32/h16-19H,3-15H2,1-2H3,(H,24,27). The van der Waals surface area contributed by atoms with E-state index in [9.17, 15) is 29.3 Å². The van der Waals surface area contributed by atoms with E-state index >= 15 is 0 Å². The molecule has 1 saturated carbocycles. The molecule has 2 amide bonds. The number of amides is 2. The SMILES string of the molecule is CC(CSC(=O)C(C)NC(=O)C1CCCCC1)C(=O)N1CCCC1C(=O)OCCOCCO[N+](=O)[O-]. The van der Waals surface area contributed by atoms with Crippen molar-refractivity contribution in [1.29, 1.82) is 0 Å². The summed E-state index contributed by atoms with van der Waals surface area (Å²) in [6.45, 7) is 3.60. The molecule has 36 heavy (non-hydrogen) atoms. The molecule has 13 heteroatoms. The number of hydrogen-bond acceptors (Lipinski definition) is 10. The van der Waals surface area contributed by atoms with Gasteiger partial charge in [0.15, 0.2) is 0 Å². The number of rotatable bonds is 14. The number of hydrogen-bond donors (Lipinski definition) is 1. The van der Waals surface area contributed by atoms with Crippen LogP contribution in [0.2, 0.25) is 0 Å². The van der Waals surface area contributed by atoms with Gasteiger partial charge in [0.2, 0.25) is 16.9 Å². The van der Waals surface area contributed by atoms with Crippen molar-refractivity contribution >= 4 is 34.7 Å². The van der Waals surface area contributed by atoms with E-state index in [0.29, 0.717) is 19.4 Å². The first-order valence-corrected chi connectivity index (χ1v) is 13.5. The Morgan fingerprint density at radius 3 is 2.42 bits per heavy atom. The maximum absolute atomic E-state index is 13.0. The minimum Gasteiger partial charge on any atom is -0.462 e. The fourth-order valence-electron chi connectivity index (χ4n) is 4.29. The van der Waals surface area contributed by atoms with Crippen molar-refractivity contribution in [2.75, 3.05) is 38.7 Å². The molecular weight excluding hydrogens is 494 g/mol. The molecule has 1 N–H and O–H groups in total. The normalized spacial score (nSPS) is 19.8. The molecule has 0 spiro atoms. The van der Waals surface area contributed by atoms with E-state index in [2.05, 4.69) is 10.2 Å². The van der Waals surface area contributed by atoms with Crippen LogP contribution >= 0.6 is 11.8 Å². The number of nitrogens with zero attached hydrogens (tertiary/aromatic N) is 2. The zero-order valence-electron chi connectivity index (χ0n) is 21.0. The summed E-state index contributed by atoms with van der Waals surface area (Å²) in [6.07, 6.45) is 6.10. The zero-order valence-corrected chi connectivity index (χ0v) is 21.8. The van der Waals surface area contributed by atoms with E-state index in [1.807, 2.05) is 0 Å². The first-order chi connectivity index (χ1) is 17.2. The van der Waals surface area contributed by atoms with Gasteiger partial charge in [-0.25, -0.2) is 4.79 Å². The number of carbonyl (C=O) groups excluding carboxylic acids is 4. The lowest BCUT2D eigenvalue weighted by molar-refractivity contribution is -0.758. The lowest BCUT2D eigenvalue weighted by Crippen LogP contribution is -2.45. The van der Waals surface area contributed by atoms with Crippen LogP contribution in [0.4, 0.5) is 0 Å². The highest BCUT2D eigenvalue weighted by atomic mass is 32.2. The minimum absolute atomic E-state index is 0.0106. The predicted octanol–water partition coefficient (Wildman–Crippen LogP) is 1.73. The molecule has 2 rings (SSSR count). The summed E-state index contributed by atoms with van der Waals surface area (Å²) >= 11 is 1.02. The Hall–Kier alpha value is -2.41. The van der Waals surface area contributed by atoms with Gasteiger partial charge in [0, 0.05) is 24.1 Å². The first-order valence-electron chi connectivity index (χ1n) is 12.5. The van der Waals surface area contributed by atoms with Crippen molar-refractivity contribution < 1.29 is 38.6 Å². The van der Waals surface area contributed by atoms with Crippen LogP contribution in [-0.2, 0) is 33.5 Å². The molecule has 204 valence electrons. The van der Waals surface area contributed by atoms with Crippen molar-refractivity contribution in [3.05, 3.63) is 10.1 Å². The van der Waals surface area contributed by atoms with Crippen LogP contribution in [0.15, 0.2) is 0 Å². The molecule has 2 aliphatic rings. The number of carbonyl (C=O) groups is 4. The summed E-state index contributed by atoms with van der Waals surface area (Å²) < 4.78 is 10.3. The zero-order chi connectivity index (χ0) is 26.5. The molecule has 3 atom stereocenters. The van der Waals surface area contributed by atoms with E-state index < -0.39 is 29.1 Å². The van der Waals surface area contributed by atoms with Gasteiger partial charge < -0.3 is 24.5 Å². The van der Waals surface area contributed by atoms with Crippen LogP contribution < -0.4 is 5.32 Å². The fraction of sp³-hybridized carbons (Fsp3) is 0.826. The number of thioether (sulfide) groups is 1. The Kier molecular flexibility index (Phi) is 13.0. The Morgan fingerprint density at radius 2 is 1.72 bits per heavy atom. The van der Waals surface area contributed by atoms with Crippen molar-refractivity contribution in [3.8, 4) is 0 Å². The third-order valence-electron chi connectivity index (χ3n) is 6.29. The molecule has 1 aliphatic carbocycles. The number of ether oxygens (including phenoxy) is 2. The highest BCUT2D eigenvalue weighted by Crippen LogP contribution is 2.25. The van der Waals surface area contributed by atoms with Crippen molar-refractivity contribution in [2.24, 2.45) is 11.8 Å². The monoisotopic (exact) mass is 531 g/mol. The van der Waals surface area contributed by atoms with Gasteiger partial charge in [-0.1, -0.05) is 37.9 Å². The Bertz CT molecular complexity index is 776. The van der Waals surface area contributed by atoms with Gasteiger partial charge in [-0.2, -0.15) is 0 Å². The van der Waals surface area contributed by atoms with Gasteiger partial charge in [0.1, 0.15) is 19.3 Å². The minimum atomic E-state index is -0.916. The summed E-state index contributed by atoms with van der Waals surface area (Å²) in [5.74, 6) is -1.09. The highest BCUT2D eigenvalue weighted by Gasteiger charge is 2.37. The molecule has 12 nitrogen and oxygen atoms in total. The average molecular weight is 532 g/mol. The fourth-order valence-corrected chi connectivity index (χ4v) is 5.15. The largest absolute Gasteiger partial charge is 0.462 e. The van der Waals surface area contributed by atoms with Crippen LogP contribution in [-0.4, -0.2) is 83.7 Å². The molecule has 1 heterocycles. The van der Waals surface area contributed by atoms with Crippen LogP contribution in [0, 0.1) is 22.0 Å². The maximum atomic E-state index is 13.0. The topological polar surface area (TPSA) is 154 Å². The number of esters is 1. The van der Waals surface area contributed by atoms with Crippen LogP contribution in [0.5, 0.6) is 0 Å². The van der Waals surface area contributed by atoms with Crippen LogP contribution in [0.1, 0.15) is 58.8 Å². The third kappa shape index (κ3) is 9.92. The second kappa shape index (κ2) is 15.6. The molecule has 1 aliphatic heterocycles. The lowest BCUT2D eigenvalue weighted by Gasteiger charge is -2.26. The predicted molar refractivity (Wildman–Crippen MR) is 130 cm³/mol. The van der Waals surface area contributed by atoms with Gasteiger partial charge in [0.25, 0.3) is 5.09 Å². The van der Waals surface area contributed by atoms with Crippen molar-refractivity contribution in [1.82, 2.24) is 10.2 Å². The van der Waals surface area contributed by atoms with Gasteiger partial charge in [0.05, 0.1) is 19.3 Å². The van der Waals surface area contributed by atoms with E-state index in [1.54, 1.807) is 13.8 Å². The van der Waals surface area contributed by atoms with Gasteiger partial charge in [-0.15, -0.1) is 10.1 Å². The van der Waals surface area contributed by atoms with E-state index in [1.165, 1.54) is 4.90 Å². The van der Waals surface area contributed by atoms with Crippen molar-refractivity contribution in [2.45, 2.75) is 70.9 Å². The number of likely N-dealkylation sites (tertiary alicyclic amines) is 1. The molecule has 1 saturated heterocycles.